The second kappa shape index (κ2) is 5.81. The van der Waals surface area contributed by atoms with Crippen molar-refractivity contribution in [3.63, 3.8) is 0 Å². The van der Waals surface area contributed by atoms with Crippen molar-refractivity contribution in [2.24, 2.45) is 0 Å². The third-order valence-electron chi connectivity index (χ3n) is 2.22. The van der Waals surface area contributed by atoms with E-state index in [-0.39, 0.29) is 17.2 Å². The number of nitro groups is 1. The second-order valence-electron chi connectivity index (χ2n) is 3.87. The van der Waals surface area contributed by atoms with Crippen LogP contribution in [0.25, 0.3) is 0 Å². The van der Waals surface area contributed by atoms with Crippen LogP contribution in [0.5, 0.6) is 5.75 Å². The maximum Gasteiger partial charge on any atom is 0.312 e. The highest BCUT2D eigenvalue weighted by molar-refractivity contribution is 7.89. The van der Waals surface area contributed by atoms with Crippen LogP contribution in [0.4, 0.5) is 5.69 Å². The molecule has 0 saturated heterocycles. The standard InChI is InChI=1S/C11H14N2O5S/c1-8(2)7-12-19(16,17)9-4-5-11(18-3)10(6-9)13(14)15/h4-6,12H,1,7H2,2-3H3. The molecular weight excluding hydrogens is 272 g/mol. The molecule has 0 aromatic heterocycles. The van der Waals surface area contributed by atoms with E-state index in [2.05, 4.69) is 11.3 Å². The largest absolute Gasteiger partial charge is 0.490 e. The van der Waals surface area contributed by atoms with Gasteiger partial charge in [0.25, 0.3) is 0 Å². The van der Waals surface area contributed by atoms with Gasteiger partial charge in [0, 0.05) is 12.6 Å². The van der Waals surface area contributed by atoms with Crippen molar-refractivity contribution in [3.05, 3.63) is 40.5 Å². The van der Waals surface area contributed by atoms with Gasteiger partial charge in [-0.05, 0) is 19.1 Å². The Balaban J connectivity index is 3.18. The van der Waals surface area contributed by atoms with Gasteiger partial charge in [-0.2, -0.15) is 0 Å². The first kappa shape index (κ1) is 15.1. The Morgan fingerprint density at radius 1 is 1.53 bits per heavy atom. The molecule has 1 N–H and O–H groups in total. The van der Waals surface area contributed by atoms with E-state index in [0.29, 0.717) is 5.57 Å². The molecule has 1 aromatic carbocycles. The van der Waals surface area contributed by atoms with Crippen molar-refractivity contribution in [1.82, 2.24) is 4.72 Å². The fraction of sp³-hybridized carbons (Fsp3) is 0.273. The molecule has 1 rings (SSSR count). The predicted octanol–water partition coefficient (Wildman–Crippen LogP) is 1.46. The number of benzene rings is 1. The number of rotatable bonds is 6. The summed E-state index contributed by atoms with van der Waals surface area (Å²) in [5.74, 6) is 0.00357. The lowest BCUT2D eigenvalue weighted by Crippen LogP contribution is -2.25. The Labute approximate surface area is 111 Å². The number of nitrogens with one attached hydrogen (secondary N) is 1. The Bertz CT molecular complexity index is 610. The zero-order valence-corrected chi connectivity index (χ0v) is 11.4. The van der Waals surface area contributed by atoms with E-state index < -0.39 is 20.6 Å². The fourth-order valence-electron chi connectivity index (χ4n) is 1.28. The number of nitrogens with zero attached hydrogens (tertiary/aromatic N) is 1. The Morgan fingerprint density at radius 3 is 2.63 bits per heavy atom. The molecule has 0 aliphatic heterocycles. The summed E-state index contributed by atoms with van der Waals surface area (Å²) < 4.78 is 30.9. The molecule has 0 amide bonds. The van der Waals surface area contributed by atoms with E-state index in [1.54, 1.807) is 6.92 Å². The summed E-state index contributed by atoms with van der Waals surface area (Å²) in [6.45, 7) is 5.31. The van der Waals surface area contributed by atoms with Gasteiger partial charge in [-0.1, -0.05) is 12.2 Å². The van der Waals surface area contributed by atoms with Crippen LogP contribution in [-0.4, -0.2) is 27.0 Å². The van der Waals surface area contributed by atoms with Gasteiger partial charge < -0.3 is 4.74 Å². The molecule has 0 bridgehead atoms. The second-order valence-corrected chi connectivity index (χ2v) is 5.64. The lowest BCUT2D eigenvalue weighted by molar-refractivity contribution is -0.386. The van der Waals surface area contributed by atoms with Gasteiger partial charge in [0.05, 0.1) is 16.9 Å². The molecule has 0 unspecified atom stereocenters. The van der Waals surface area contributed by atoms with E-state index in [1.807, 2.05) is 0 Å². The van der Waals surface area contributed by atoms with Crippen molar-refractivity contribution in [1.29, 1.82) is 0 Å². The Morgan fingerprint density at radius 2 is 2.16 bits per heavy atom. The van der Waals surface area contributed by atoms with Crippen LogP contribution in [0, 0.1) is 10.1 Å². The molecule has 0 radical (unpaired) electrons. The van der Waals surface area contributed by atoms with Gasteiger partial charge >= 0.3 is 5.69 Å². The van der Waals surface area contributed by atoms with Crippen molar-refractivity contribution < 1.29 is 18.1 Å². The summed E-state index contributed by atoms with van der Waals surface area (Å²) in [5, 5.41) is 10.8. The normalized spacial score (nSPS) is 11.1. The summed E-state index contributed by atoms with van der Waals surface area (Å²) in [5.41, 5.74) is 0.229. The van der Waals surface area contributed by atoms with Crippen LogP contribution in [-0.2, 0) is 10.0 Å². The predicted molar refractivity (Wildman–Crippen MR) is 69.7 cm³/mol. The Hall–Kier alpha value is -1.93. The highest BCUT2D eigenvalue weighted by Crippen LogP contribution is 2.29. The number of hydrogen-bond donors (Lipinski definition) is 1. The smallest absolute Gasteiger partial charge is 0.312 e. The molecule has 0 aliphatic carbocycles. The molecule has 0 heterocycles. The Kier molecular flexibility index (Phi) is 4.62. The number of hydrogen-bond acceptors (Lipinski definition) is 5. The average Bonchev–Trinajstić information content (AvgIpc) is 2.35. The first-order chi connectivity index (χ1) is 8.77. The third kappa shape index (κ3) is 3.76. The third-order valence-corrected chi connectivity index (χ3v) is 3.62. The maximum absolute atomic E-state index is 11.9. The monoisotopic (exact) mass is 286 g/mol. The highest BCUT2D eigenvalue weighted by Gasteiger charge is 2.21. The first-order valence-corrected chi connectivity index (χ1v) is 6.72. The van der Waals surface area contributed by atoms with Crippen molar-refractivity contribution in [3.8, 4) is 5.75 Å². The highest BCUT2D eigenvalue weighted by atomic mass is 32.2. The molecular formula is C11H14N2O5S. The van der Waals surface area contributed by atoms with Gasteiger partial charge in [0.1, 0.15) is 0 Å². The van der Waals surface area contributed by atoms with Gasteiger partial charge in [-0.3, -0.25) is 10.1 Å². The molecule has 8 heteroatoms. The molecule has 0 atom stereocenters. The summed E-state index contributed by atoms with van der Waals surface area (Å²) >= 11 is 0. The topological polar surface area (TPSA) is 98.5 Å². The zero-order chi connectivity index (χ0) is 14.6. The molecule has 0 saturated carbocycles. The minimum atomic E-state index is -3.81. The van der Waals surface area contributed by atoms with Crippen LogP contribution in [0.2, 0.25) is 0 Å². The maximum atomic E-state index is 11.9. The molecule has 104 valence electrons. The minimum Gasteiger partial charge on any atom is -0.490 e. The van der Waals surface area contributed by atoms with E-state index in [0.717, 1.165) is 6.07 Å². The van der Waals surface area contributed by atoms with Crippen molar-refractivity contribution in [2.75, 3.05) is 13.7 Å². The molecule has 0 fully saturated rings. The number of ether oxygens (including phenoxy) is 1. The van der Waals surface area contributed by atoms with Crippen LogP contribution in [0.1, 0.15) is 6.92 Å². The van der Waals surface area contributed by atoms with Crippen LogP contribution in [0.3, 0.4) is 0 Å². The average molecular weight is 286 g/mol. The molecule has 0 aliphatic rings. The van der Waals surface area contributed by atoms with Crippen molar-refractivity contribution in [2.45, 2.75) is 11.8 Å². The van der Waals surface area contributed by atoms with Gasteiger partial charge in [0.15, 0.2) is 5.75 Å². The van der Waals surface area contributed by atoms with E-state index in [1.165, 1.54) is 19.2 Å². The minimum absolute atomic E-state index is 0.00357. The molecule has 19 heavy (non-hydrogen) atoms. The quantitative estimate of drug-likeness (QED) is 0.485. The summed E-state index contributed by atoms with van der Waals surface area (Å²) in [6, 6.07) is 3.44. The van der Waals surface area contributed by atoms with Gasteiger partial charge in [-0.25, -0.2) is 13.1 Å². The lowest BCUT2D eigenvalue weighted by atomic mass is 10.3. The van der Waals surface area contributed by atoms with Gasteiger partial charge in [0.2, 0.25) is 10.0 Å². The first-order valence-electron chi connectivity index (χ1n) is 5.24. The summed E-state index contributed by atoms with van der Waals surface area (Å²) in [6.07, 6.45) is 0. The molecule has 1 aromatic rings. The number of nitro benzene ring substituents is 1. The van der Waals surface area contributed by atoms with Crippen LogP contribution >= 0.6 is 0 Å². The SMILES string of the molecule is C=C(C)CNS(=O)(=O)c1ccc(OC)c([N+](=O)[O-])c1. The van der Waals surface area contributed by atoms with E-state index in [9.17, 15) is 18.5 Å². The number of sulfonamides is 1. The summed E-state index contributed by atoms with van der Waals surface area (Å²) in [7, 11) is -2.53. The number of methoxy groups -OCH3 is 1. The van der Waals surface area contributed by atoms with E-state index >= 15 is 0 Å². The van der Waals surface area contributed by atoms with Gasteiger partial charge in [-0.15, -0.1) is 0 Å². The van der Waals surface area contributed by atoms with Crippen molar-refractivity contribution >= 4 is 15.7 Å². The van der Waals surface area contributed by atoms with Crippen LogP contribution < -0.4 is 9.46 Å². The fourth-order valence-corrected chi connectivity index (χ4v) is 2.40. The molecule has 0 spiro atoms. The lowest BCUT2D eigenvalue weighted by Gasteiger charge is -2.07. The van der Waals surface area contributed by atoms with Crippen LogP contribution in [0.15, 0.2) is 35.2 Å². The van der Waals surface area contributed by atoms with E-state index in [4.69, 9.17) is 4.74 Å². The molecule has 7 nitrogen and oxygen atoms in total. The summed E-state index contributed by atoms with van der Waals surface area (Å²) in [4.78, 5) is 9.93. The zero-order valence-electron chi connectivity index (χ0n) is 10.5.